The van der Waals surface area contributed by atoms with Crippen LogP contribution < -0.4 is 0 Å². The first-order chi connectivity index (χ1) is 6.49. The van der Waals surface area contributed by atoms with E-state index in [4.69, 9.17) is 4.74 Å². The molecule has 1 saturated heterocycles. The van der Waals surface area contributed by atoms with E-state index in [0.717, 1.165) is 5.57 Å². The minimum absolute atomic E-state index is 0.103. The maximum Gasteiger partial charge on any atom is 0.177 e. The average molecular weight is 200 g/mol. The van der Waals surface area contributed by atoms with Crippen LogP contribution in [0.1, 0.15) is 20.3 Å². The lowest BCUT2D eigenvalue weighted by atomic mass is 9.83. The van der Waals surface area contributed by atoms with Crippen LogP contribution in [-0.4, -0.2) is 39.4 Å². The second-order valence-electron chi connectivity index (χ2n) is 4.20. The fraction of sp³-hybridized carbons (Fsp3) is 0.800. The Hall–Kier alpha value is -0.420. The molecule has 4 nitrogen and oxygen atoms in total. The molecule has 2 rings (SSSR count). The standard InChI is InChI=1S/C10H16O4/c1-3-5(2)9-7-8(12)6(11)4-10(7,13)14-9/h3,6-9,11-13H,4H2,1-2H3/b5-3-/t6-,7?,8?,9-,10?/m0/s1. The molecular formula is C10H16O4. The molecule has 0 aromatic heterocycles. The molecule has 0 amide bonds. The van der Waals surface area contributed by atoms with Crippen LogP contribution in [0.25, 0.3) is 0 Å². The second-order valence-corrected chi connectivity index (χ2v) is 4.20. The molecule has 5 atom stereocenters. The SMILES string of the molecule is C/C=C(/C)[C@@H]1OC2(O)C[C@H](O)C(O)C12. The lowest BCUT2D eigenvalue weighted by molar-refractivity contribution is -0.351. The Morgan fingerprint density at radius 2 is 2.14 bits per heavy atom. The van der Waals surface area contributed by atoms with Crippen LogP contribution in [0.4, 0.5) is 0 Å². The minimum atomic E-state index is -1.31. The molecular weight excluding hydrogens is 184 g/mol. The zero-order chi connectivity index (χ0) is 10.5. The van der Waals surface area contributed by atoms with Crippen LogP contribution in [0, 0.1) is 5.92 Å². The van der Waals surface area contributed by atoms with E-state index >= 15 is 0 Å². The summed E-state index contributed by atoms with van der Waals surface area (Å²) in [4.78, 5) is 0. The lowest BCUT2D eigenvalue weighted by Crippen LogP contribution is -2.60. The van der Waals surface area contributed by atoms with Crippen molar-refractivity contribution in [2.75, 3.05) is 0 Å². The largest absolute Gasteiger partial charge is 0.390 e. The van der Waals surface area contributed by atoms with Crippen molar-refractivity contribution in [1.29, 1.82) is 0 Å². The van der Waals surface area contributed by atoms with Gasteiger partial charge in [-0.05, 0) is 19.4 Å². The van der Waals surface area contributed by atoms with Gasteiger partial charge in [-0.15, -0.1) is 0 Å². The van der Waals surface area contributed by atoms with E-state index in [2.05, 4.69) is 0 Å². The van der Waals surface area contributed by atoms with Crippen molar-refractivity contribution in [3.63, 3.8) is 0 Å². The summed E-state index contributed by atoms with van der Waals surface area (Å²) in [5.74, 6) is -1.69. The molecule has 14 heavy (non-hydrogen) atoms. The van der Waals surface area contributed by atoms with E-state index in [1.54, 1.807) is 0 Å². The van der Waals surface area contributed by atoms with Crippen LogP contribution in [0.15, 0.2) is 11.6 Å². The zero-order valence-corrected chi connectivity index (χ0v) is 8.34. The van der Waals surface area contributed by atoms with Crippen molar-refractivity contribution in [2.24, 2.45) is 5.92 Å². The Bertz CT molecular complexity index is 275. The molecule has 0 aromatic rings. The summed E-state index contributed by atoms with van der Waals surface area (Å²) in [6, 6.07) is 0. The predicted octanol–water partition coefficient (Wildman–Crippen LogP) is -0.218. The summed E-state index contributed by atoms with van der Waals surface area (Å²) in [6.45, 7) is 3.77. The molecule has 0 spiro atoms. The van der Waals surface area contributed by atoms with Crippen molar-refractivity contribution < 1.29 is 20.1 Å². The van der Waals surface area contributed by atoms with Crippen LogP contribution >= 0.6 is 0 Å². The number of aliphatic hydroxyl groups is 3. The second kappa shape index (κ2) is 3.03. The van der Waals surface area contributed by atoms with Crippen LogP contribution in [0.3, 0.4) is 0 Å². The molecule has 2 aliphatic rings. The lowest BCUT2D eigenvalue weighted by Gasteiger charge is -2.48. The van der Waals surface area contributed by atoms with Gasteiger partial charge in [0.25, 0.3) is 0 Å². The first-order valence-corrected chi connectivity index (χ1v) is 4.89. The highest BCUT2D eigenvalue weighted by atomic mass is 16.7. The number of ether oxygens (including phenoxy) is 1. The Morgan fingerprint density at radius 3 is 2.64 bits per heavy atom. The van der Waals surface area contributed by atoms with Gasteiger partial charge in [0, 0.05) is 6.42 Å². The normalized spacial score (nSPS) is 52.8. The third-order valence-electron chi connectivity index (χ3n) is 3.35. The Kier molecular flexibility index (Phi) is 2.19. The summed E-state index contributed by atoms with van der Waals surface area (Å²) in [5.41, 5.74) is 0.979. The Morgan fingerprint density at radius 1 is 1.50 bits per heavy atom. The highest BCUT2D eigenvalue weighted by Gasteiger charge is 2.65. The fourth-order valence-corrected chi connectivity index (χ4v) is 2.37. The fourth-order valence-electron chi connectivity index (χ4n) is 2.37. The van der Waals surface area contributed by atoms with Gasteiger partial charge in [-0.1, -0.05) is 6.08 Å². The maximum atomic E-state index is 9.84. The van der Waals surface area contributed by atoms with Crippen molar-refractivity contribution >= 4 is 0 Å². The summed E-state index contributed by atoms with van der Waals surface area (Å²) in [7, 11) is 0. The topological polar surface area (TPSA) is 69.9 Å². The first kappa shape index (κ1) is 10.1. The third-order valence-corrected chi connectivity index (χ3v) is 3.35. The molecule has 0 radical (unpaired) electrons. The Balaban J connectivity index is 2.18. The molecule has 0 aromatic carbocycles. The molecule has 1 aliphatic carbocycles. The van der Waals surface area contributed by atoms with Crippen molar-refractivity contribution in [2.45, 2.75) is 44.4 Å². The highest BCUT2D eigenvalue weighted by Crippen LogP contribution is 2.51. The molecule has 1 heterocycles. The number of allylic oxidation sites excluding steroid dienone is 1. The van der Waals surface area contributed by atoms with Crippen molar-refractivity contribution in [1.82, 2.24) is 0 Å². The summed E-state index contributed by atoms with van der Waals surface area (Å²) < 4.78 is 5.31. The van der Waals surface area contributed by atoms with Crippen LogP contribution in [0.5, 0.6) is 0 Å². The van der Waals surface area contributed by atoms with Gasteiger partial charge in [0.15, 0.2) is 5.79 Å². The van der Waals surface area contributed by atoms with Crippen LogP contribution in [-0.2, 0) is 4.74 Å². The number of hydrogen-bond donors (Lipinski definition) is 3. The van der Waals surface area contributed by atoms with E-state index in [1.165, 1.54) is 0 Å². The monoisotopic (exact) mass is 200 g/mol. The molecule has 4 heteroatoms. The average Bonchev–Trinajstić information content (AvgIpc) is 2.27. The molecule has 3 unspecified atom stereocenters. The van der Waals surface area contributed by atoms with Gasteiger partial charge in [-0.3, -0.25) is 0 Å². The number of rotatable bonds is 1. The number of hydrogen-bond acceptors (Lipinski definition) is 4. The van der Waals surface area contributed by atoms with Gasteiger partial charge in [-0.2, -0.15) is 0 Å². The van der Waals surface area contributed by atoms with Gasteiger partial charge >= 0.3 is 0 Å². The molecule has 0 bridgehead atoms. The van der Waals surface area contributed by atoms with E-state index in [-0.39, 0.29) is 18.4 Å². The first-order valence-electron chi connectivity index (χ1n) is 4.89. The molecule has 80 valence electrons. The van der Waals surface area contributed by atoms with Gasteiger partial charge in [0.05, 0.1) is 24.2 Å². The summed E-state index contributed by atoms with van der Waals surface area (Å²) in [6.07, 6.45) is -0.0148. The van der Waals surface area contributed by atoms with E-state index in [1.807, 2.05) is 19.9 Å². The van der Waals surface area contributed by atoms with Crippen molar-refractivity contribution in [3.8, 4) is 0 Å². The minimum Gasteiger partial charge on any atom is -0.390 e. The summed E-state index contributed by atoms with van der Waals surface area (Å²) in [5, 5.41) is 28.9. The van der Waals surface area contributed by atoms with Crippen LogP contribution in [0.2, 0.25) is 0 Å². The quantitative estimate of drug-likeness (QED) is 0.512. The Labute approximate surface area is 82.8 Å². The maximum absolute atomic E-state index is 9.84. The molecule has 1 saturated carbocycles. The third kappa shape index (κ3) is 1.15. The van der Waals surface area contributed by atoms with Gasteiger partial charge in [0.1, 0.15) is 0 Å². The highest BCUT2D eigenvalue weighted by molar-refractivity contribution is 5.19. The van der Waals surface area contributed by atoms with Gasteiger partial charge in [0.2, 0.25) is 0 Å². The van der Waals surface area contributed by atoms with Crippen molar-refractivity contribution in [3.05, 3.63) is 11.6 Å². The number of fused-ring (bicyclic) bond motifs is 1. The van der Waals surface area contributed by atoms with Gasteiger partial charge in [-0.25, -0.2) is 0 Å². The van der Waals surface area contributed by atoms with E-state index in [9.17, 15) is 15.3 Å². The predicted molar refractivity (Wildman–Crippen MR) is 49.4 cm³/mol. The molecule has 1 aliphatic heterocycles. The molecule has 2 fully saturated rings. The summed E-state index contributed by atoms with van der Waals surface area (Å²) >= 11 is 0. The zero-order valence-electron chi connectivity index (χ0n) is 8.34. The van der Waals surface area contributed by atoms with E-state index in [0.29, 0.717) is 0 Å². The van der Waals surface area contributed by atoms with E-state index < -0.39 is 18.0 Å². The number of aliphatic hydroxyl groups excluding tert-OH is 2. The smallest absolute Gasteiger partial charge is 0.177 e. The molecule has 3 N–H and O–H groups in total. The van der Waals surface area contributed by atoms with Gasteiger partial charge < -0.3 is 20.1 Å².